The number of ether oxygens (including phenoxy) is 2. The van der Waals surface area contributed by atoms with Crippen molar-refractivity contribution in [3.63, 3.8) is 0 Å². The van der Waals surface area contributed by atoms with Gasteiger partial charge in [-0.25, -0.2) is 4.68 Å². The molecule has 0 aromatic carbocycles. The molecule has 4 heterocycles. The van der Waals surface area contributed by atoms with Crippen LogP contribution in [0.25, 0.3) is 11.0 Å². The molecule has 0 radical (unpaired) electrons. The van der Waals surface area contributed by atoms with Gasteiger partial charge in [0.1, 0.15) is 5.82 Å². The van der Waals surface area contributed by atoms with Gasteiger partial charge >= 0.3 is 0 Å². The fourth-order valence-corrected chi connectivity index (χ4v) is 5.10. The third kappa shape index (κ3) is 5.79. The standard InChI is InChI=1S/C24H42N8O2/c1-18(2)32-23-21(15-26-32)22(30-16-19(3)31(11-12-33-5)20(4)17-30)27-24(28-23)25-7-6-8-29-9-13-34-14-10-29/h15,18-20H,6-14,16-17H2,1-5H3,(H,25,27,28)/t19-,20+. The summed E-state index contributed by atoms with van der Waals surface area (Å²) in [6, 6.07) is 1.06. The van der Waals surface area contributed by atoms with Crippen LogP contribution in [0.1, 0.15) is 40.2 Å². The summed E-state index contributed by atoms with van der Waals surface area (Å²) in [6.07, 6.45) is 2.98. The van der Waals surface area contributed by atoms with Gasteiger partial charge in [0.2, 0.25) is 5.95 Å². The van der Waals surface area contributed by atoms with Crippen LogP contribution in [-0.2, 0) is 9.47 Å². The number of morpholine rings is 1. The Morgan fingerprint density at radius 2 is 1.85 bits per heavy atom. The van der Waals surface area contributed by atoms with Gasteiger partial charge in [0.25, 0.3) is 0 Å². The normalized spacial score (nSPS) is 22.7. The fourth-order valence-electron chi connectivity index (χ4n) is 5.10. The van der Waals surface area contributed by atoms with Crippen molar-refractivity contribution in [1.29, 1.82) is 0 Å². The zero-order chi connectivity index (χ0) is 24.1. The molecule has 2 saturated heterocycles. The molecule has 2 atom stereocenters. The Balaban J connectivity index is 1.51. The predicted octanol–water partition coefficient (Wildman–Crippen LogP) is 2.09. The largest absolute Gasteiger partial charge is 0.383 e. The second-order valence-corrected chi connectivity index (χ2v) is 9.86. The van der Waals surface area contributed by atoms with Crippen LogP contribution in [0, 0.1) is 0 Å². The van der Waals surface area contributed by atoms with E-state index >= 15 is 0 Å². The van der Waals surface area contributed by atoms with E-state index < -0.39 is 0 Å². The van der Waals surface area contributed by atoms with Gasteiger partial charge in [-0.15, -0.1) is 0 Å². The summed E-state index contributed by atoms with van der Waals surface area (Å²) >= 11 is 0. The summed E-state index contributed by atoms with van der Waals surface area (Å²) in [5.74, 6) is 1.67. The van der Waals surface area contributed by atoms with Crippen LogP contribution in [0.15, 0.2) is 6.20 Å². The average Bonchev–Trinajstić information content (AvgIpc) is 3.26. The van der Waals surface area contributed by atoms with Crippen molar-refractivity contribution < 1.29 is 9.47 Å². The second kappa shape index (κ2) is 11.6. The Hall–Kier alpha value is -2.01. The zero-order valence-electron chi connectivity index (χ0n) is 21.5. The Labute approximate surface area is 203 Å². The molecule has 1 N–H and O–H groups in total. The number of nitrogens with one attached hydrogen (secondary N) is 1. The van der Waals surface area contributed by atoms with E-state index in [0.29, 0.717) is 18.0 Å². The van der Waals surface area contributed by atoms with Crippen molar-refractivity contribution in [2.45, 2.75) is 52.2 Å². The summed E-state index contributed by atoms with van der Waals surface area (Å²) < 4.78 is 12.8. The molecule has 2 aromatic heterocycles. The number of hydrogen-bond acceptors (Lipinski definition) is 9. The van der Waals surface area contributed by atoms with Crippen LogP contribution >= 0.6 is 0 Å². The van der Waals surface area contributed by atoms with E-state index in [9.17, 15) is 0 Å². The van der Waals surface area contributed by atoms with Crippen LogP contribution in [-0.4, -0.2) is 114 Å². The highest BCUT2D eigenvalue weighted by molar-refractivity contribution is 5.88. The summed E-state index contributed by atoms with van der Waals surface area (Å²) in [5, 5.41) is 9.18. The molecule has 0 aliphatic carbocycles. The number of piperazine rings is 1. The maximum atomic E-state index is 5.45. The molecule has 2 aliphatic rings. The molecular formula is C24H42N8O2. The summed E-state index contributed by atoms with van der Waals surface area (Å²) in [7, 11) is 1.77. The molecule has 190 valence electrons. The van der Waals surface area contributed by atoms with Crippen molar-refractivity contribution in [3.05, 3.63) is 6.20 Å². The van der Waals surface area contributed by atoms with E-state index in [0.717, 1.165) is 88.9 Å². The number of nitrogens with zero attached hydrogens (tertiary/aromatic N) is 7. The van der Waals surface area contributed by atoms with E-state index in [4.69, 9.17) is 19.4 Å². The van der Waals surface area contributed by atoms with Crippen LogP contribution in [0.3, 0.4) is 0 Å². The molecule has 10 heteroatoms. The van der Waals surface area contributed by atoms with E-state index in [1.165, 1.54) is 0 Å². The highest BCUT2D eigenvalue weighted by Gasteiger charge is 2.31. The van der Waals surface area contributed by atoms with Gasteiger partial charge < -0.3 is 19.7 Å². The lowest BCUT2D eigenvalue weighted by Gasteiger charge is -2.45. The smallest absolute Gasteiger partial charge is 0.226 e. The van der Waals surface area contributed by atoms with Crippen LogP contribution in [0.4, 0.5) is 11.8 Å². The zero-order valence-corrected chi connectivity index (χ0v) is 21.5. The average molecular weight is 475 g/mol. The van der Waals surface area contributed by atoms with E-state index in [2.05, 4.69) is 52.8 Å². The first-order chi connectivity index (χ1) is 16.5. The van der Waals surface area contributed by atoms with Crippen LogP contribution < -0.4 is 10.2 Å². The Bertz CT molecular complexity index is 902. The lowest BCUT2D eigenvalue weighted by molar-refractivity contribution is 0.0378. The number of aromatic nitrogens is 4. The Morgan fingerprint density at radius 3 is 2.53 bits per heavy atom. The van der Waals surface area contributed by atoms with Gasteiger partial charge in [-0.2, -0.15) is 15.1 Å². The van der Waals surface area contributed by atoms with Crippen LogP contribution in [0.2, 0.25) is 0 Å². The molecule has 2 aromatic rings. The van der Waals surface area contributed by atoms with Crippen molar-refractivity contribution in [3.8, 4) is 0 Å². The van der Waals surface area contributed by atoms with Crippen molar-refractivity contribution >= 4 is 22.8 Å². The van der Waals surface area contributed by atoms with E-state index in [1.807, 2.05) is 10.9 Å². The molecule has 2 aliphatic heterocycles. The van der Waals surface area contributed by atoms with E-state index in [-0.39, 0.29) is 6.04 Å². The number of fused-ring (bicyclic) bond motifs is 1. The van der Waals surface area contributed by atoms with Gasteiger partial charge in [0, 0.05) is 64.5 Å². The quantitative estimate of drug-likeness (QED) is 0.520. The highest BCUT2D eigenvalue weighted by atomic mass is 16.5. The minimum absolute atomic E-state index is 0.234. The summed E-state index contributed by atoms with van der Waals surface area (Å²) in [5.41, 5.74) is 0.901. The summed E-state index contributed by atoms with van der Waals surface area (Å²) in [6.45, 7) is 18.0. The van der Waals surface area contributed by atoms with Crippen LogP contribution in [0.5, 0.6) is 0 Å². The maximum absolute atomic E-state index is 5.45. The molecule has 10 nitrogen and oxygen atoms in total. The molecule has 4 rings (SSSR count). The third-order valence-electron chi connectivity index (χ3n) is 6.92. The lowest BCUT2D eigenvalue weighted by atomic mass is 10.1. The number of rotatable bonds is 10. The number of methoxy groups -OCH3 is 1. The maximum Gasteiger partial charge on any atom is 0.226 e. The fraction of sp³-hybridized carbons (Fsp3) is 0.792. The molecule has 0 saturated carbocycles. The highest BCUT2D eigenvalue weighted by Crippen LogP contribution is 2.30. The monoisotopic (exact) mass is 474 g/mol. The third-order valence-corrected chi connectivity index (χ3v) is 6.92. The topological polar surface area (TPSA) is 83.8 Å². The Morgan fingerprint density at radius 1 is 1.12 bits per heavy atom. The SMILES string of the molecule is COCCN1[C@H](C)CN(c2nc(NCCCN3CCOCC3)nc3c2cnn3C(C)C)C[C@@H]1C. The van der Waals surface area contributed by atoms with Crippen molar-refractivity contribution in [1.82, 2.24) is 29.5 Å². The summed E-state index contributed by atoms with van der Waals surface area (Å²) in [4.78, 5) is 17.3. The molecule has 2 fully saturated rings. The van der Waals surface area contributed by atoms with Gasteiger partial charge in [-0.1, -0.05) is 0 Å². The van der Waals surface area contributed by atoms with Crippen molar-refractivity contribution in [2.24, 2.45) is 0 Å². The molecule has 0 bridgehead atoms. The van der Waals surface area contributed by atoms with E-state index in [1.54, 1.807) is 7.11 Å². The number of anilines is 2. The molecule has 34 heavy (non-hydrogen) atoms. The van der Waals surface area contributed by atoms with Crippen molar-refractivity contribution in [2.75, 3.05) is 83.0 Å². The molecule has 0 unspecified atom stereocenters. The second-order valence-electron chi connectivity index (χ2n) is 9.86. The minimum atomic E-state index is 0.234. The first-order valence-electron chi connectivity index (χ1n) is 12.8. The minimum Gasteiger partial charge on any atom is -0.383 e. The van der Waals surface area contributed by atoms with Gasteiger partial charge in [-0.05, 0) is 40.7 Å². The van der Waals surface area contributed by atoms with Gasteiger partial charge in [0.15, 0.2) is 5.65 Å². The van der Waals surface area contributed by atoms with Gasteiger partial charge in [0.05, 0.1) is 31.4 Å². The lowest BCUT2D eigenvalue weighted by Crippen LogP contribution is -2.57. The first kappa shape index (κ1) is 25.1. The molecule has 0 amide bonds. The Kier molecular flexibility index (Phi) is 8.57. The number of hydrogen-bond donors (Lipinski definition) is 1. The first-order valence-corrected chi connectivity index (χ1v) is 12.8. The predicted molar refractivity (Wildman–Crippen MR) is 136 cm³/mol. The van der Waals surface area contributed by atoms with Gasteiger partial charge in [-0.3, -0.25) is 9.80 Å². The molecular weight excluding hydrogens is 432 g/mol. The molecule has 0 spiro atoms.